The van der Waals surface area contributed by atoms with Crippen LogP contribution in [0.1, 0.15) is 38.7 Å². The van der Waals surface area contributed by atoms with Crippen LogP contribution in [-0.4, -0.2) is 34.5 Å². The Kier molecular flexibility index (Phi) is 7.18. The minimum Gasteiger partial charge on any atom is -0.383 e. The molecule has 0 bridgehead atoms. The lowest BCUT2D eigenvalue weighted by molar-refractivity contribution is -0.137. The molecule has 0 unspecified atom stereocenters. The van der Waals surface area contributed by atoms with E-state index in [9.17, 15) is 32.3 Å². The molecule has 0 radical (unpaired) electrons. The van der Waals surface area contributed by atoms with Gasteiger partial charge < -0.3 is 15.5 Å². The van der Waals surface area contributed by atoms with Gasteiger partial charge in [0.1, 0.15) is 5.82 Å². The van der Waals surface area contributed by atoms with E-state index in [0.29, 0.717) is 6.42 Å². The second kappa shape index (κ2) is 9.74. The van der Waals surface area contributed by atoms with Crippen LogP contribution in [-0.2, 0) is 22.3 Å². The van der Waals surface area contributed by atoms with E-state index >= 15 is 0 Å². The summed E-state index contributed by atoms with van der Waals surface area (Å²) in [5.74, 6) is -2.15. The first-order chi connectivity index (χ1) is 16.0. The largest absolute Gasteiger partial charge is 0.416 e. The normalized spacial score (nSPS) is 16.2. The van der Waals surface area contributed by atoms with Gasteiger partial charge in [-0.2, -0.15) is 13.2 Å². The number of alkyl halides is 3. The molecule has 2 amide bonds. The lowest BCUT2D eigenvalue weighted by atomic mass is 10.1. The number of hydrogen-bond acceptors (Lipinski definition) is 5. The van der Waals surface area contributed by atoms with Crippen LogP contribution in [0.15, 0.2) is 33.9 Å². The Hall–Kier alpha value is -3.57. The molecule has 0 spiro atoms. The van der Waals surface area contributed by atoms with Crippen LogP contribution < -0.4 is 26.8 Å². The number of unbranched alkanes of at least 4 members (excludes halogenated alkanes) is 1. The third-order valence-electron chi connectivity index (χ3n) is 5.76. The monoisotopic (exact) mass is 481 g/mol. The van der Waals surface area contributed by atoms with Crippen molar-refractivity contribution in [2.45, 2.75) is 45.8 Å². The number of halogens is 3. The Balaban J connectivity index is 1.91. The van der Waals surface area contributed by atoms with Crippen LogP contribution in [0.5, 0.6) is 0 Å². The average Bonchev–Trinajstić information content (AvgIpc) is 3.17. The highest BCUT2D eigenvalue weighted by Crippen LogP contribution is 2.34. The third-order valence-corrected chi connectivity index (χ3v) is 5.76. The van der Waals surface area contributed by atoms with Crippen molar-refractivity contribution in [3.8, 4) is 0 Å². The molecular weight excluding hydrogens is 455 g/mol. The number of aromatic amines is 1. The lowest BCUT2D eigenvalue weighted by Gasteiger charge is -2.25. The molecule has 1 aliphatic rings. The van der Waals surface area contributed by atoms with Gasteiger partial charge in [-0.25, -0.2) is 4.79 Å². The highest BCUT2D eigenvalue weighted by Gasteiger charge is 2.39. The van der Waals surface area contributed by atoms with E-state index < -0.39 is 40.7 Å². The predicted octanol–water partition coefficient (Wildman–Crippen LogP) is 2.34. The van der Waals surface area contributed by atoms with Crippen LogP contribution in [0.25, 0.3) is 0 Å². The first-order valence-electron chi connectivity index (χ1n) is 10.9. The number of aromatic nitrogens is 2. The summed E-state index contributed by atoms with van der Waals surface area (Å²) in [4.78, 5) is 55.1. The topological polar surface area (TPSA) is 121 Å². The SMILES string of the molecule is CCCCn1c(N)c(N(CC)C(=O)[C@H]2CC(=O)N(c3cccc(C(F)(F)F)c3)C2)c(=O)[nH]c1=O. The number of H-pyrrole nitrogens is 1. The summed E-state index contributed by atoms with van der Waals surface area (Å²) in [7, 11) is 0. The Morgan fingerprint density at radius 1 is 1.24 bits per heavy atom. The third kappa shape index (κ3) is 4.85. The minimum absolute atomic E-state index is 0.0312. The second-order valence-electron chi connectivity index (χ2n) is 8.03. The number of carbonyl (C=O) groups excluding carboxylic acids is 2. The van der Waals surface area contributed by atoms with E-state index in [1.807, 2.05) is 6.92 Å². The Labute approximate surface area is 193 Å². The molecule has 0 aliphatic carbocycles. The smallest absolute Gasteiger partial charge is 0.383 e. The molecule has 12 heteroatoms. The molecule has 2 heterocycles. The van der Waals surface area contributed by atoms with E-state index in [2.05, 4.69) is 4.98 Å². The van der Waals surface area contributed by atoms with Gasteiger partial charge in [-0.05, 0) is 31.5 Å². The van der Waals surface area contributed by atoms with Gasteiger partial charge in [0.2, 0.25) is 11.8 Å². The first-order valence-corrected chi connectivity index (χ1v) is 10.9. The fourth-order valence-corrected chi connectivity index (χ4v) is 3.99. The number of nitrogens with zero attached hydrogens (tertiary/aromatic N) is 3. The summed E-state index contributed by atoms with van der Waals surface area (Å²) in [5, 5.41) is 0. The predicted molar refractivity (Wildman–Crippen MR) is 121 cm³/mol. The van der Waals surface area contributed by atoms with Crippen LogP contribution in [0.3, 0.4) is 0 Å². The number of nitrogens with two attached hydrogens (primary N) is 1. The number of benzene rings is 1. The van der Waals surface area contributed by atoms with Crippen molar-refractivity contribution in [1.29, 1.82) is 0 Å². The van der Waals surface area contributed by atoms with Crippen molar-refractivity contribution in [1.82, 2.24) is 9.55 Å². The number of amides is 2. The molecular formula is C22H26F3N5O4. The molecule has 3 N–H and O–H groups in total. The van der Waals surface area contributed by atoms with Crippen LogP contribution in [0, 0.1) is 5.92 Å². The molecule has 1 aliphatic heterocycles. The molecule has 34 heavy (non-hydrogen) atoms. The quantitative estimate of drug-likeness (QED) is 0.629. The van der Waals surface area contributed by atoms with Crippen LogP contribution in [0.4, 0.5) is 30.4 Å². The Morgan fingerprint density at radius 3 is 2.56 bits per heavy atom. The molecule has 0 saturated carbocycles. The standard InChI is InChI=1S/C22H26F3N5O4/c1-3-5-9-29-18(26)17(19(32)27-21(29)34)28(4-2)20(33)13-10-16(31)30(12-13)15-8-6-7-14(11-15)22(23,24)25/h6-8,11,13H,3-5,9-10,12,26H2,1-2H3,(H,27,32,34)/t13-/m0/s1. The van der Waals surface area contributed by atoms with Gasteiger partial charge in [0.15, 0.2) is 5.69 Å². The van der Waals surface area contributed by atoms with Crippen molar-refractivity contribution in [2.75, 3.05) is 28.6 Å². The van der Waals surface area contributed by atoms with Crippen molar-refractivity contribution in [3.63, 3.8) is 0 Å². The Bertz CT molecular complexity index is 1200. The maximum absolute atomic E-state index is 13.3. The minimum atomic E-state index is -4.58. The number of nitrogens with one attached hydrogen (secondary N) is 1. The average molecular weight is 481 g/mol. The zero-order chi connectivity index (χ0) is 25.2. The molecule has 1 aromatic carbocycles. The summed E-state index contributed by atoms with van der Waals surface area (Å²) in [5.41, 5.74) is 3.53. The number of carbonyl (C=O) groups is 2. The van der Waals surface area contributed by atoms with Gasteiger partial charge in [0.25, 0.3) is 5.56 Å². The van der Waals surface area contributed by atoms with E-state index in [0.717, 1.165) is 28.4 Å². The zero-order valence-electron chi connectivity index (χ0n) is 18.8. The fourth-order valence-electron chi connectivity index (χ4n) is 3.99. The molecule has 1 atom stereocenters. The van der Waals surface area contributed by atoms with Gasteiger partial charge >= 0.3 is 11.9 Å². The lowest BCUT2D eigenvalue weighted by Crippen LogP contribution is -2.44. The highest BCUT2D eigenvalue weighted by molar-refractivity contribution is 6.05. The second-order valence-corrected chi connectivity index (χ2v) is 8.03. The summed E-state index contributed by atoms with van der Waals surface area (Å²) in [6.07, 6.45) is -3.42. The number of anilines is 3. The summed E-state index contributed by atoms with van der Waals surface area (Å²) >= 11 is 0. The zero-order valence-corrected chi connectivity index (χ0v) is 18.8. The van der Waals surface area contributed by atoms with Gasteiger partial charge in [0.05, 0.1) is 11.5 Å². The molecule has 3 rings (SSSR count). The number of rotatable bonds is 7. The number of hydrogen-bond donors (Lipinski definition) is 2. The molecule has 1 aromatic heterocycles. The summed E-state index contributed by atoms with van der Waals surface area (Å²) in [6.45, 7) is 3.67. The van der Waals surface area contributed by atoms with E-state index in [-0.39, 0.29) is 43.2 Å². The number of nitrogen functional groups attached to an aromatic ring is 1. The first kappa shape index (κ1) is 25.1. The molecule has 2 aromatic rings. The molecule has 9 nitrogen and oxygen atoms in total. The molecule has 184 valence electrons. The van der Waals surface area contributed by atoms with Crippen molar-refractivity contribution in [3.05, 3.63) is 50.7 Å². The van der Waals surface area contributed by atoms with Crippen LogP contribution >= 0.6 is 0 Å². The van der Waals surface area contributed by atoms with Crippen LogP contribution in [0.2, 0.25) is 0 Å². The highest BCUT2D eigenvalue weighted by atomic mass is 19.4. The van der Waals surface area contributed by atoms with E-state index in [4.69, 9.17) is 5.73 Å². The van der Waals surface area contributed by atoms with Gasteiger partial charge in [-0.3, -0.25) is 23.9 Å². The summed E-state index contributed by atoms with van der Waals surface area (Å²) in [6, 6.07) is 4.31. The van der Waals surface area contributed by atoms with E-state index in [1.54, 1.807) is 6.92 Å². The summed E-state index contributed by atoms with van der Waals surface area (Å²) < 4.78 is 40.4. The van der Waals surface area contributed by atoms with Crippen molar-refractivity contribution >= 4 is 29.0 Å². The van der Waals surface area contributed by atoms with Gasteiger partial charge in [0, 0.05) is 31.7 Å². The van der Waals surface area contributed by atoms with Crippen molar-refractivity contribution in [2.24, 2.45) is 5.92 Å². The molecule has 1 fully saturated rings. The van der Waals surface area contributed by atoms with E-state index in [1.165, 1.54) is 16.7 Å². The van der Waals surface area contributed by atoms with Crippen molar-refractivity contribution < 1.29 is 22.8 Å². The Morgan fingerprint density at radius 2 is 1.94 bits per heavy atom. The maximum atomic E-state index is 13.3. The maximum Gasteiger partial charge on any atom is 0.416 e. The fraction of sp³-hybridized carbons (Fsp3) is 0.455. The van der Waals surface area contributed by atoms with Gasteiger partial charge in [-0.15, -0.1) is 0 Å². The van der Waals surface area contributed by atoms with Gasteiger partial charge in [-0.1, -0.05) is 19.4 Å². The molecule has 1 saturated heterocycles.